The molecule has 1 spiro atoms. The summed E-state index contributed by atoms with van der Waals surface area (Å²) < 4.78 is 5.43. The Labute approximate surface area is 231 Å². The molecule has 1 amide bonds. The van der Waals surface area contributed by atoms with Crippen LogP contribution in [0.4, 0.5) is 11.4 Å². The van der Waals surface area contributed by atoms with Gasteiger partial charge in [-0.1, -0.05) is 58.4 Å². The molecular weight excluding hydrogens is 484 g/mol. The normalized spacial score (nSPS) is 18.9. The highest BCUT2D eigenvalue weighted by molar-refractivity contribution is 6.10. The van der Waals surface area contributed by atoms with Crippen LogP contribution >= 0.6 is 0 Å². The summed E-state index contributed by atoms with van der Waals surface area (Å²) in [5.41, 5.74) is 6.94. The second-order valence-corrected chi connectivity index (χ2v) is 10.4. The number of nitrogens with one attached hydrogen (secondary N) is 2. The molecule has 4 aromatic rings. The van der Waals surface area contributed by atoms with Gasteiger partial charge in [0.15, 0.2) is 0 Å². The summed E-state index contributed by atoms with van der Waals surface area (Å²) in [4.78, 5) is 15.5. The van der Waals surface area contributed by atoms with Crippen LogP contribution in [0.15, 0.2) is 60.7 Å². The number of methoxy groups -OCH3 is 1. The largest absolute Gasteiger partial charge is 0.497 e. The zero-order chi connectivity index (χ0) is 27.6. The first-order valence-corrected chi connectivity index (χ1v) is 14.4. The van der Waals surface area contributed by atoms with Crippen LogP contribution in [0.25, 0.3) is 22.2 Å². The fraction of sp³-hybridized carbons (Fsp3) is 0.394. The highest BCUT2D eigenvalue weighted by atomic mass is 16.5. The van der Waals surface area contributed by atoms with E-state index in [-0.39, 0.29) is 11.8 Å². The van der Waals surface area contributed by atoms with E-state index < -0.39 is 5.41 Å². The van der Waals surface area contributed by atoms with Gasteiger partial charge in [0.1, 0.15) is 5.75 Å². The number of unbranched alkanes of at least 4 members (excludes halogenated alkanes) is 1. The Hall–Kier alpha value is -3.80. The van der Waals surface area contributed by atoms with Crippen molar-refractivity contribution in [3.63, 3.8) is 0 Å². The number of nitrogens with zero attached hydrogens (tertiary/aromatic N) is 2. The number of hydrogen-bond acceptors (Lipinski definition) is 4. The second-order valence-electron chi connectivity index (χ2n) is 10.4. The quantitative estimate of drug-likeness (QED) is 0.236. The van der Waals surface area contributed by atoms with Crippen LogP contribution in [0.1, 0.15) is 70.4 Å². The van der Waals surface area contributed by atoms with Crippen LogP contribution in [-0.4, -0.2) is 36.3 Å². The van der Waals surface area contributed by atoms with E-state index in [1.165, 1.54) is 18.5 Å². The van der Waals surface area contributed by atoms with Gasteiger partial charge in [0.25, 0.3) is 0 Å². The molecule has 204 valence electrons. The van der Waals surface area contributed by atoms with Crippen molar-refractivity contribution < 1.29 is 9.53 Å². The molecule has 2 N–H and O–H groups in total. The molecule has 3 aromatic carbocycles. The van der Waals surface area contributed by atoms with E-state index in [1.807, 2.05) is 32.0 Å². The Morgan fingerprint density at radius 3 is 2.51 bits per heavy atom. The van der Waals surface area contributed by atoms with Crippen molar-refractivity contribution >= 4 is 28.2 Å². The Kier molecular flexibility index (Phi) is 7.65. The minimum Gasteiger partial charge on any atom is -0.497 e. The number of aromatic nitrogens is 2. The van der Waals surface area contributed by atoms with Crippen LogP contribution in [0.3, 0.4) is 0 Å². The molecule has 1 unspecified atom stereocenters. The van der Waals surface area contributed by atoms with Crippen LogP contribution < -0.4 is 15.0 Å². The molecule has 1 aliphatic carbocycles. The Morgan fingerprint density at radius 1 is 1.00 bits per heavy atom. The van der Waals surface area contributed by atoms with Crippen molar-refractivity contribution in [2.24, 2.45) is 0 Å². The van der Waals surface area contributed by atoms with Gasteiger partial charge < -0.3 is 15.0 Å². The maximum Gasteiger partial charge on any atom is 0.235 e. The monoisotopic (exact) mass is 524 g/mol. The zero-order valence-electron chi connectivity index (χ0n) is 23.8. The maximum absolute atomic E-state index is 13.1. The minimum atomic E-state index is -0.502. The lowest BCUT2D eigenvalue weighted by atomic mass is 9.91. The molecule has 39 heavy (non-hydrogen) atoms. The lowest BCUT2D eigenvalue weighted by molar-refractivity contribution is -0.118. The highest BCUT2D eigenvalue weighted by Crippen LogP contribution is 2.65. The molecule has 6 rings (SSSR count). The molecule has 2 atom stereocenters. The van der Waals surface area contributed by atoms with Crippen molar-refractivity contribution in [3.05, 3.63) is 71.8 Å². The molecule has 1 saturated carbocycles. The summed E-state index contributed by atoms with van der Waals surface area (Å²) in [5, 5.41) is 12.1. The summed E-state index contributed by atoms with van der Waals surface area (Å²) in [5.74, 6) is 1.01. The van der Waals surface area contributed by atoms with Crippen molar-refractivity contribution in [1.82, 2.24) is 10.2 Å². The molecule has 6 heteroatoms. The number of benzene rings is 3. The topological polar surface area (TPSA) is 70.2 Å². The van der Waals surface area contributed by atoms with Crippen LogP contribution in [0, 0.1) is 0 Å². The predicted octanol–water partition coefficient (Wildman–Crippen LogP) is 7.66. The van der Waals surface area contributed by atoms with Crippen molar-refractivity contribution in [2.45, 2.75) is 64.7 Å². The van der Waals surface area contributed by atoms with Gasteiger partial charge in [0.05, 0.1) is 23.7 Å². The lowest BCUT2D eigenvalue weighted by Crippen LogP contribution is -2.25. The third-order valence-electron chi connectivity index (χ3n) is 8.09. The van der Waals surface area contributed by atoms with Crippen molar-refractivity contribution in [3.8, 4) is 17.0 Å². The van der Waals surface area contributed by atoms with E-state index in [1.54, 1.807) is 7.11 Å². The van der Waals surface area contributed by atoms with Crippen molar-refractivity contribution in [2.75, 3.05) is 30.4 Å². The molecule has 0 saturated heterocycles. The molecular formula is C33H40N4O2. The van der Waals surface area contributed by atoms with Gasteiger partial charge in [0, 0.05) is 41.3 Å². The minimum absolute atomic E-state index is 0.0855. The standard InChI is InChI=1S/C31H34N4O2.C2H6/c1-4-6-16-35(15-5-2)22-10-7-20(8-11-22)29-24-13-9-21(17-28(24)33-34-29)26-19-31(26)25-18-23(37-3)12-14-27(25)32-30(31)36;1-2/h7-14,17-18,26H,4-6,15-16,19H2,1-3H3,(H,32,36)(H,33,34);1-2H3/t26?,31-;/m1./s1. The number of H-pyrrole nitrogens is 1. The van der Waals surface area contributed by atoms with Gasteiger partial charge in [0.2, 0.25) is 5.91 Å². The van der Waals surface area contributed by atoms with Crippen LogP contribution in [-0.2, 0) is 10.2 Å². The first-order chi connectivity index (χ1) is 19.1. The Morgan fingerprint density at radius 2 is 1.79 bits per heavy atom. The molecule has 2 aliphatic rings. The number of ether oxygens (including phenoxy) is 1. The van der Waals surface area contributed by atoms with Gasteiger partial charge >= 0.3 is 0 Å². The van der Waals surface area contributed by atoms with Gasteiger partial charge in [-0.05, 0) is 66.8 Å². The van der Waals surface area contributed by atoms with Gasteiger partial charge in [-0.25, -0.2) is 0 Å². The predicted molar refractivity (Wildman–Crippen MR) is 161 cm³/mol. The molecule has 0 bridgehead atoms. The summed E-state index contributed by atoms with van der Waals surface area (Å²) >= 11 is 0. The number of carbonyl (C=O) groups excluding carboxylic acids is 1. The summed E-state index contributed by atoms with van der Waals surface area (Å²) in [7, 11) is 1.66. The van der Waals surface area contributed by atoms with Crippen molar-refractivity contribution in [1.29, 1.82) is 0 Å². The third-order valence-corrected chi connectivity index (χ3v) is 8.09. The number of aromatic amines is 1. The first-order valence-electron chi connectivity index (χ1n) is 14.4. The molecule has 1 fully saturated rings. The maximum atomic E-state index is 13.1. The smallest absolute Gasteiger partial charge is 0.235 e. The molecule has 6 nitrogen and oxygen atoms in total. The van der Waals surface area contributed by atoms with E-state index in [2.05, 4.69) is 76.7 Å². The average molecular weight is 525 g/mol. The summed E-state index contributed by atoms with van der Waals surface area (Å²) in [6.07, 6.45) is 4.35. The second kappa shape index (κ2) is 11.1. The third kappa shape index (κ3) is 4.66. The van der Waals surface area contributed by atoms with Crippen LogP contribution in [0.5, 0.6) is 5.75 Å². The van der Waals surface area contributed by atoms with Crippen LogP contribution in [0.2, 0.25) is 0 Å². The first kappa shape index (κ1) is 26.8. The number of rotatable bonds is 9. The van der Waals surface area contributed by atoms with Gasteiger partial charge in [-0.2, -0.15) is 5.10 Å². The van der Waals surface area contributed by atoms with E-state index >= 15 is 0 Å². The number of carbonyl (C=O) groups is 1. The Balaban J connectivity index is 0.00000151. The van der Waals surface area contributed by atoms with Gasteiger partial charge in [-0.15, -0.1) is 0 Å². The van der Waals surface area contributed by atoms with E-state index in [0.717, 1.165) is 70.7 Å². The number of fused-ring (bicyclic) bond motifs is 3. The molecule has 0 radical (unpaired) electrons. The summed E-state index contributed by atoms with van der Waals surface area (Å²) in [6.45, 7) is 10.6. The van der Waals surface area contributed by atoms with E-state index in [9.17, 15) is 4.79 Å². The average Bonchev–Trinajstić information content (AvgIpc) is 3.51. The van der Waals surface area contributed by atoms with Gasteiger partial charge in [-0.3, -0.25) is 9.89 Å². The number of anilines is 2. The summed E-state index contributed by atoms with van der Waals surface area (Å²) in [6, 6.07) is 21.1. The SMILES string of the molecule is CC.CCCCN(CCC)c1ccc(-c2n[nH]c3cc(C4C[C@]45C(=O)Nc4ccc(OC)cc45)ccc23)cc1. The van der Waals surface area contributed by atoms with E-state index in [4.69, 9.17) is 4.74 Å². The molecule has 1 aromatic heterocycles. The highest BCUT2D eigenvalue weighted by Gasteiger charge is 2.65. The Bertz CT molecular complexity index is 1460. The zero-order valence-corrected chi connectivity index (χ0v) is 23.8. The van der Waals surface area contributed by atoms with E-state index in [0.29, 0.717) is 0 Å². The number of amides is 1. The lowest BCUT2D eigenvalue weighted by Gasteiger charge is -2.24. The molecule has 1 aliphatic heterocycles. The fourth-order valence-electron chi connectivity index (χ4n) is 5.99. The number of hydrogen-bond donors (Lipinski definition) is 2. The fourth-order valence-corrected chi connectivity index (χ4v) is 5.99. The molecule has 2 heterocycles.